The summed E-state index contributed by atoms with van der Waals surface area (Å²) < 4.78 is 0. The van der Waals surface area contributed by atoms with Crippen LogP contribution in [-0.2, 0) is 4.79 Å². The highest BCUT2D eigenvalue weighted by atomic mass is 16.1. The zero-order valence-corrected chi connectivity index (χ0v) is 15.5. The second-order valence-electron chi connectivity index (χ2n) is 7.17. The van der Waals surface area contributed by atoms with Gasteiger partial charge >= 0.3 is 0 Å². The molecular formula is C23H25N3O. The van der Waals surface area contributed by atoms with E-state index in [-0.39, 0.29) is 11.9 Å². The molecule has 0 fully saturated rings. The number of hydrogen-bond donors (Lipinski definition) is 1. The van der Waals surface area contributed by atoms with Crippen molar-refractivity contribution in [1.29, 1.82) is 0 Å². The van der Waals surface area contributed by atoms with Gasteiger partial charge in [-0.1, -0.05) is 30.9 Å². The van der Waals surface area contributed by atoms with Crippen LogP contribution >= 0.6 is 0 Å². The summed E-state index contributed by atoms with van der Waals surface area (Å²) in [5.74, 6) is -0.0922. The minimum absolute atomic E-state index is 0.0922. The third kappa shape index (κ3) is 3.65. The normalized spacial score (nSPS) is 21.9. The SMILES string of the molecule is C=CC(=O)NC1CCCC=C(C2=C3C=CN=C3CCN2c2ccccc2)C1. The Morgan fingerprint density at radius 2 is 2.15 bits per heavy atom. The number of nitrogens with zero attached hydrogens (tertiary/aromatic N) is 2. The molecule has 1 aromatic rings. The zero-order valence-electron chi connectivity index (χ0n) is 15.5. The fourth-order valence-corrected chi connectivity index (χ4v) is 4.14. The molecule has 27 heavy (non-hydrogen) atoms. The zero-order chi connectivity index (χ0) is 18.6. The first-order valence-electron chi connectivity index (χ1n) is 9.69. The van der Waals surface area contributed by atoms with E-state index in [1.807, 2.05) is 12.3 Å². The van der Waals surface area contributed by atoms with Gasteiger partial charge in [0.2, 0.25) is 5.91 Å². The maximum absolute atomic E-state index is 11.8. The lowest BCUT2D eigenvalue weighted by atomic mass is 9.92. The number of aliphatic imine (C=N–C) groups is 1. The summed E-state index contributed by atoms with van der Waals surface area (Å²) >= 11 is 0. The van der Waals surface area contributed by atoms with Gasteiger partial charge in [0.1, 0.15) is 0 Å². The van der Waals surface area contributed by atoms with Gasteiger partial charge in [-0.05, 0) is 55.5 Å². The van der Waals surface area contributed by atoms with Crippen LogP contribution in [0.4, 0.5) is 5.69 Å². The molecule has 4 nitrogen and oxygen atoms in total. The van der Waals surface area contributed by atoms with Crippen LogP contribution in [-0.4, -0.2) is 24.2 Å². The molecule has 3 aliphatic rings. The Hall–Kier alpha value is -2.88. The van der Waals surface area contributed by atoms with Gasteiger partial charge in [-0.15, -0.1) is 0 Å². The van der Waals surface area contributed by atoms with Crippen molar-refractivity contribution >= 4 is 17.3 Å². The van der Waals surface area contributed by atoms with E-state index in [4.69, 9.17) is 0 Å². The van der Waals surface area contributed by atoms with Gasteiger partial charge in [0.25, 0.3) is 0 Å². The van der Waals surface area contributed by atoms with E-state index in [1.165, 1.54) is 34.3 Å². The molecule has 0 bridgehead atoms. The summed E-state index contributed by atoms with van der Waals surface area (Å²) in [5.41, 5.74) is 6.16. The number of fused-ring (bicyclic) bond motifs is 1. The van der Waals surface area contributed by atoms with Crippen molar-refractivity contribution in [2.24, 2.45) is 4.99 Å². The molecule has 0 saturated heterocycles. The van der Waals surface area contributed by atoms with Gasteiger partial charge in [-0.25, -0.2) is 0 Å². The Morgan fingerprint density at radius 1 is 1.30 bits per heavy atom. The van der Waals surface area contributed by atoms with E-state index in [2.05, 4.69) is 58.2 Å². The Morgan fingerprint density at radius 3 is 2.96 bits per heavy atom. The first-order valence-corrected chi connectivity index (χ1v) is 9.69. The molecule has 4 heteroatoms. The molecule has 1 atom stereocenters. The van der Waals surface area contributed by atoms with Crippen molar-refractivity contribution in [3.63, 3.8) is 0 Å². The number of rotatable bonds is 4. The number of carbonyl (C=O) groups is 1. The van der Waals surface area contributed by atoms with E-state index >= 15 is 0 Å². The van der Waals surface area contributed by atoms with E-state index in [9.17, 15) is 4.79 Å². The predicted octanol–water partition coefficient (Wildman–Crippen LogP) is 4.29. The lowest BCUT2D eigenvalue weighted by Gasteiger charge is -2.35. The largest absolute Gasteiger partial charge is 0.350 e. The predicted molar refractivity (Wildman–Crippen MR) is 111 cm³/mol. The lowest BCUT2D eigenvalue weighted by Crippen LogP contribution is -2.36. The number of amides is 1. The molecule has 1 aromatic carbocycles. The van der Waals surface area contributed by atoms with Crippen molar-refractivity contribution in [1.82, 2.24) is 5.32 Å². The van der Waals surface area contributed by atoms with Crippen molar-refractivity contribution in [3.05, 3.63) is 78.2 Å². The standard InChI is InChI=1S/C23H25N3O/c1-2-22(27)25-18-9-7-6-8-17(16-18)23-20-12-14-24-21(20)13-15-26(23)19-10-4-3-5-11-19/h2-5,8,10-12,14,18H,1,6-7,9,13,15-16H2,(H,25,27). The number of nitrogens with one attached hydrogen (secondary N) is 1. The van der Waals surface area contributed by atoms with Gasteiger partial charge in [0.05, 0.1) is 11.4 Å². The Kier molecular flexibility index (Phi) is 5.05. The summed E-state index contributed by atoms with van der Waals surface area (Å²) in [5, 5.41) is 3.10. The van der Waals surface area contributed by atoms with Crippen molar-refractivity contribution in [2.75, 3.05) is 11.4 Å². The van der Waals surface area contributed by atoms with Gasteiger partial charge in [0, 0.05) is 36.5 Å². The van der Waals surface area contributed by atoms with Crippen molar-refractivity contribution < 1.29 is 4.79 Å². The highest BCUT2D eigenvalue weighted by Crippen LogP contribution is 2.36. The van der Waals surface area contributed by atoms with Crippen LogP contribution in [0.25, 0.3) is 0 Å². The number of hydrogen-bond acceptors (Lipinski definition) is 3. The second-order valence-corrected chi connectivity index (χ2v) is 7.17. The number of para-hydroxylation sites is 1. The van der Waals surface area contributed by atoms with E-state index in [0.717, 1.165) is 38.6 Å². The molecule has 0 spiro atoms. The molecular weight excluding hydrogens is 334 g/mol. The molecule has 0 radical (unpaired) electrons. The maximum atomic E-state index is 11.8. The molecule has 1 amide bonds. The Bertz CT molecular complexity index is 861. The van der Waals surface area contributed by atoms with Crippen molar-refractivity contribution in [2.45, 2.75) is 38.1 Å². The molecule has 138 valence electrons. The minimum Gasteiger partial charge on any atom is -0.350 e. The van der Waals surface area contributed by atoms with Crippen LogP contribution in [0.2, 0.25) is 0 Å². The molecule has 2 aliphatic heterocycles. The summed E-state index contributed by atoms with van der Waals surface area (Å²) in [6.45, 7) is 4.51. The summed E-state index contributed by atoms with van der Waals surface area (Å²) in [6, 6.07) is 10.7. The fourth-order valence-electron chi connectivity index (χ4n) is 4.14. The minimum atomic E-state index is -0.0922. The van der Waals surface area contributed by atoms with E-state index < -0.39 is 0 Å². The Labute approximate surface area is 160 Å². The molecule has 2 heterocycles. The van der Waals surface area contributed by atoms with Gasteiger partial charge in [-0.3, -0.25) is 9.79 Å². The van der Waals surface area contributed by atoms with Gasteiger partial charge in [0.15, 0.2) is 0 Å². The quantitative estimate of drug-likeness (QED) is 0.815. The van der Waals surface area contributed by atoms with Crippen LogP contribution in [0.3, 0.4) is 0 Å². The third-order valence-electron chi connectivity index (χ3n) is 5.40. The van der Waals surface area contributed by atoms with Crippen molar-refractivity contribution in [3.8, 4) is 0 Å². The molecule has 4 rings (SSSR count). The topological polar surface area (TPSA) is 44.7 Å². The van der Waals surface area contributed by atoms with Gasteiger partial charge < -0.3 is 10.2 Å². The van der Waals surface area contributed by atoms with E-state index in [1.54, 1.807) is 0 Å². The average Bonchev–Trinajstić information content (AvgIpc) is 3.07. The molecule has 1 aliphatic carbocycles. The molecule has 1 unspecified atom stereocenters. The number of benzene rings is 1. The third-order valence-corrected chi connectivity index (χ3v) is 5.40. The lowest BCUT2D eigenvalue weighted by molar-refractivity contribution is -0.117. The first-order chi connectivity index (χ1) is 13.3. The monoisotopic (exact) mass is 359 g/mol. The average molecular weight is 359 g/mol. The van der Waals surface area contributed by atoms with Crippen LogP contribution in [0, 0.1) is 0 Å². The summed E-state index contributed by atoms with van der Waals surface area (Å²) in [4.78, 5) is 18.8. The Balaban J connectivity index is 1.71. The highest BCUT2D eigenvalue weighted by molar-refractivity contribution is 6.08. The first kappa shape index (κ1) is 17.5. The molecule has 1 N–H and O–H groups in total. The molecule has 0 saturated carbocycles. The van der Waals surface area contributed by atoms with Crippen LogP contribution < -0.4 is 10.2 Å². The van der Waals surface area contributed by atoms with Crippen LogP contribution in [0.15, 0.2) is 83.2 Å². The van der Waals surface area contributed by atoms with Gasteiger partial charge in [-0.2, -0.15) is 0 Å². The second kappa shape index (κ2) is 7.78. The number of allylic oxidation sites excluding steroid dienone is 4. The van der Waals surface area contributed by atoms with Crippen LogP contribution in [0.1, 0.15) is 32.1 Å². The maximum Gasteiger partial charge on any atom is 0.243 e. The molecule has 0 aromatic heterocycles. The van der Waals surface area contributed by atoms with E-state index in [0.29, 0.717) is 0 Å². The summed E-state index contributed by atoms with van der Waals surface area (Å²) in [7, 11) is 0. The number of carbonyl (C=O) groups excluding carboxylic acids is 1. The summed E-state index contributed by atoms with van der Waals surface area (Å²) in [6.07, 6.45) is 12.6. The fraction of sp³-hybridized carbons (Fsp3) is 0.304. The number of anilines is 1. The highest BCUT2D eigenvalue weighted by Gasteiger charge is 2.30. The van der Waals surface area contributed by atoms with Crippen LogP contribution in [0.5, 0.6) is 0 Å². The smallest absolute Gasteiger partial charge is 0.243 e.